The Labute approximate surface area is 124 Å². The molecule has 1 heterocycles. The number of para-hydroxylation sites is 1. The molecule has 1 aliphatic heterocycles. The third-order valence-corrected chi connectivity index (χ3v) is 3.75. The number of nitrogens with one attached hydrogen (secondary N) is 1. The molecule has 4 nitrogen and oxygen atoms in total. The number of amides is 2. The lowest BCUT2D eigenvalue weighted by Crippen LogP contribution is -2.66. The van der Waals surface area contributed by atoms with E-state index in [9.17, 15) is 14.0 Å². The van der Waals surface area contributed by atoms with Crippen molar-refractivity contribution in [2.75, 3.05) is 4.90 Å². The van der Waals surface area contributed by atoms with E-state index in [0.717, 1.165) is 0 Å². The number of benzene rings is 1. The van der Waals surface area contributed by atoms with Crippen LogP contribution in [0.1, 0.15) is 34.1 Å². The fourth-order valence-corrected chi connectivity index (χ4v) is 2.60. The highest BCUT2D eigenvalue weighted by Crippen LogP contribution is 2.30. The van der Waals surface area contributed by atoms with Gasteiger partial charge >= 0.3 is 0 Å². The molecule has 1 fully saturated rings. The van der Waals surface area contributed by atoms with Gasteiger partial charge in [-0.15, -0.1) is 0 Å². The van der Waals surface area contributed by atoms with Crippen LogP contribution in [0.2, 0.25) is 0 Å². The summed E-state index contributed by atoms with van der Waals surface area (Å²) in [5.74, 6) is -0.994. The molecule has 2 unspecified atom stereocenters. The molecule has 1 aliphatic rings. The number of piperazine rings is 1. The third-order valence-electron chi connectivity index (χ3n) is 3.75. The number of halogens is 1. The van der Waals surface area contributed by atoms with Crippen LogP contribution in [0.4, 0.5) is 10.1 Å². The smallest absolute Gasteiger partial charge is 0.250 e. The maximum Gasteiger partial charge on any atom is 0.250 e. The molecule has 2 amide bonds. The van der Waals surface area contributed by atoms with Crippen LogP contribution in [-0.2, 0) is 9.59 Å². The SMILES string of the molecule is CCC1C(=O)NC(C(C)(C)C)C(=O)N1c1ccccc1F. The van der Waals surface area contributed by atoms with Gasteiger partial charge in [-0.2, -0.15) is 0 Å². The predicted molar refractivity (Wildman–Crippen MR) is 79.4 cm³/mol. The molecule has 0 bridgehead atoms. The molecule has 0 aliphatic carbocycles. The van der Waals surface area contributed by atoms with Gasteiger partial charge in [0.15, 0.2) is 0 Å². The Morgan fingerprint density at radius 2 is 1.86 bits per heavy atom. The molecule has 1 N–H and O–H groups in total. The average molecular weight is 292 g/mol. The highest BCUT2D eigenvalue weighted by Gasteiger charge is 2.45. The molecule has 0 aromatic heterocycles. The molecule has 1 saturated heterocycles. The van der Waals surface area contributed by atoms with Crippen LogP contribution in [0.15, 0.2) is 24.3 Å². The molecule has 2 atom stereocenters. The van der Waals surface area contributed by atoms with Crippen molar-refractivity contribution in [3.05, 3.63) is 30.1 Å². The predicted octanol–water partition coefficient (Wildman–Crippen LogP) is 2.48. The van der Waals surface area contributed by atoms with Crippen molar-refractivity contribution in [1.29, 1.82) is 0 Å². The van der Waals surface area contributed by atoms with E-state index < -0.39 is 23.3 Å². The lowest BCUT2D eigenvalue weighted by molar-refractivity contribution is -0.136. The number of hydrogen-bond acceptors (Lipinski definition) is 2. The second-order valence-electron chi connectivity index (χ2n) is 6.39. The summed E-state index contributed by atoms with van der Waals surface area (Å²) in [5, 5.41) is 2.77. The highest BCUT2D eigenvalue weighted by molar-refractivity contribution is 6.08. The van der Waals surface area contributed by atoms with Crippen molar-refractivity contribution in [2.24, 2.45) is 5.41 Å². The molecule has 114 valence electrons. The van der Waals surface area contributed by atoms with Gasteiger partial charge in [-0.05, 0) is 24.0 Å². The van der Waals surface area contributed by atoms with Crippen LogP contribution in [-0.4, -0.2) is 23.9 Å². The van der Waals surface area contributed by atoms with Gasteiger partial charge in [0.25, 0.3) is 5.91 Å². The number of hydrogen-bond donors (Lipinski definition) is 1. The third kappa shape index (κ3) is 2.77. The van der Waals surface area contributed by atoms with Crippen molar-refractivity contribution < 1.29 is 14.0 Å². The molecular weight excluding hydrogens is 271 g/mol. The van der Waals surface area contributed by atoms with Crippen molar-refractivity contribution in [1.82, 2.24) is 5.32 Å². The maximum absolute atomic E-state index is 14.1. The molecule has 5 heteroatoms. The van der Waals surface area contributed by atoms with Gasteiger partial charge < -0.3 is 5.32 Å². The Hall–Kier alpha value is -1.91. The first-order valence-corrected chi connectivity index (χ1v) is 7.15. The molecule has 0 radical (unpaired) electrons. The van der Waals surface area contributed by atoms with Crippen LogP contribution >= 0.6 is 0 Å². The van der Waals surface area contributed by atoms with Crippen LogP contribution < -0.4 is 10.2 Å². The molecule has 2 rings (SSSR count). The Balaban J connectivity index is 2.50. The van der Waals surface area contributed by atoms with E-state index in [0.29, 0.717) is 6.42 Å². The maximum atomic E-state index is 14.1. The summed E-state index contributed by atoms with van der Waals surface area (Å²) in [4.78, 5) is 26.4. The minimum absolute atomic E-state index is 0.165. The number of carbonyl (C=O) groups excluding carboxylic acids is 2. The number of nitrogens with zero attached hydrogens (tertiary/aromatic N) is 1. The van der Waals surface area contributed by atoms with E-state index in [1.807, 2.05) is 27.7 Å². The van der Waals surface area contributed by atoms with Crippen molar-refractivity contribution in [2.45, 2.75) is 46.2 Å². The Bertz CT molecular complexity index is 566. The molecule has 1 aromatic carbocycles. The summed E-state index contributed by atoms with van der Waals surface area (Å²) in [7, 11) is 0. The Morgan fingerprint density at radius 3 is 2.38 bits per heavy atom. The number of anilines is 1. The summed E-state index contributed by atoms with van der Waals surface area (Å²) in [5.41, 5.74) is -0.270. The monoisotopic (exact) mass is 292 g/mol. The number of rotatable bonds is 2. The largest absolute Gasteiger partial charge is 0.342 e. The van der Waals surface area contributed by atoms with Gasteiger partial charge in [0.2, 0.25) is 5.91 Å². The molecule has 1 aromatic rings. The van der Waals surface area contributed by atoms with Gasteiger partial charge in [-0.1, -0.05) is 39.8 Å². The average Bonchev–Trinajstić information content (AvgIpc) is 2.40. The first-order chi connectivity index (χ1) is 9.77. The quantitative estimate of drug-likeness (QED) is 0.910. The molecule has 21 heavy (non-hydrogen) atoms. The van der Waals surface area contributed by atoms with Crippen LogP contribution in [0.25, 0.3) is 0 Å². The zero-order chi connectivity index (χ0) is 15.8. The number of carbonyl (C=O) groups is 2. The fraction of sp³-hybridized carbons (Fsp3) is 0.500. The van der Waals surface area contributed by atoms with Crippen LogP contribution in [0, 0.1) is 11.2 Å². The fourth-order valence-electron chi connectivity index (χ4n) is 2.60. The molecule has 0 saturated carbocycles. The van der Waals surface area contributed by atoms with E-state index in [2.05, 4.69) is 5.32 Å². The van der Waals surface area contributed by atoms with Crippen LogP contribution in [0.5, 0.6) is 0 Å². The normalized spacial score (nSPS) is 23.2. The van der Waals surface area contributed by atoms with Crippen molar-refractivity contribution >= 4 is 17.5 Å². The van der Waals surface area contributed by atoms with E-state index >= 15 is 0 Å². The lowest BCUT2D eigenvalue weighted by atomic mass is 9.83. The first-order valence-electron chi connectivity index (χ1n) is 7.15. The summed E-state index contributed by atoms with van der Waals surface area (Å²) in [6, 6.07) is 4.73. The summed E-state index contributed by atoms with van der Waals surface area (Å²) in [6.45, 7) is 7.44. The minimum Gasteiger partial charge on any atom is -0.342 e. The van der Waals surface area contributed by atoms with E-state index in [4.69, 9.17) is 0 Å². The lowest BCUT2D eigenvalue weighted by Gasteiger charge is -2.43. The van der Waals surface area contributed by atoms with Gasteiger partial charge in [0.05, 0.1) is 5.69 Å². The summed E-state index contributed by atoms with van der Waals surface area (Å²) in [6.07, 6.45) is 0.433. The zero-order valence-electron chi connectivity index (χ0n) is 12.8. The van der Waals surface area contributed by atoms with Gasteiger partial charge in [0, 0.05) is 0 Å². The van der Waals surface area contributed by atoms with Crippen LogP contribution in [0.3, 0.4) is 0 Å². The van der Waals surface area contributed by atoms with Gasteiger partial charge in [-0.3, -0.25) is 14.5 Å². The van der Waals surface area contributed by atoms with E-state index in [-0.39, 0.29) is 17.5 Å². The second-order valence-corrected chi connectivity index (χ2v) is 6.39. The zero-order valence-corrected chi connectivity index (χ0v) is 12.8. The molecule has 0 spiro atoms. The highest BCUT2D eigenvalue weighted by atomic mass is 19.1. The molecular formula is C16H21FN2O2. The van der Waals surface area contributed by atoms with Gasteiger partial charge in [-0.25, -0.2) is 4.39 Å². The van der Waals surface area contributed by atoms with E-state index in [1.165, 1.54) is 17.0 Å². The van der Waals surface area contributed by atoms with E-state index in [1.54, 1.807) is 12.1 Å². The minimum atomic E-state index is -0.673. The summed E-state index contributed by atoms with van der Waals surface area (Å²) >= 11 is 0. The van der Waals surface area contributed by atoms with Gasteiger partial charge in [0.1, 0.15) is 17.9 Å². The standard InChI is InChI=1S/C16H21FN2O2/c1-5-11-14(20)18-13(16(2,3)4)15(21)19(11)12-9-7-6-8-10(12)17/h6-9,11,13H,5H2,1-4H3,(H,18,20). The van der Waals surface area contributed by atoms with Crippen molar-refractivity contribution in [3.8, 4) is 0 Å². The summed E-state index contributed by atoms with van der Waals surface area (Å²) < 4.78 is 14.1. The Kier molecular flexibility index (Phi) is 4.03. The Morgan fingerprint density at radius 1 is 1.24 bits per heavy atom. The van der Waals surface area contributed by atoms with Crippen molar-refractivity contribution in [3.63, 3.8) is 0 Å². The topological polar surface area (TPSA) is 49.4 Å². The first kappa shape index (κ1) is 15.5. The second kappa shape index (κ2) is 5.47.